The van der Waals surface area contributed by atoms with Crippen LogP contribution in [0.5, 0.6) is 0 Å². The van der Waals surface area contributed by atoms with Crippen LogP contribution in [-0.4, -0.2) is 27.8 Å². The standard InChI is InChI=1S/C23H18ClN3O/c1-27(15-16-6-4-8-18(24)12-16)23(28)20-13-22(17-7-5-11-25-14-17)26-21-10-3-2-9-19(20)21/h2-14H,15H2,1H3. The molecule has 1 amide bonds. The topological polar surface area (TPSA) is 46.1 Å². The van der Waals surface area contributed by atoms with Crippen LogP contribution in [0.3, 0.4) is 0 Å². The van der Waals surface area contributed by atoms with Crippen molar-refractivity contribution < 1.29 is 4.79 Å². The van der Waals surface area contributed by atoms with Crippen molar-refractivity contribution in [3.05, 3.63) is 95.3 Å². The molecule has 0 bridgehead atoms. The summed E-state index contributed by atoms with van der Waals surface area (Å²) in [5.74, 6) is -0.0660. The van der Waals surface area contributed by atoms with E-state index >= 15 is 0 Å². The van der Waals surface area contributed by atoms with Crippen LogP contribution in [0.25, 0.3) is 22.2 Å². The fourth-order valence-electron chi connectivity index (χ4n) is 3.20. The Morgan fingerprint density at radius 3 is 2.68 bits per heavy atom. The molecule has 0 atom stereocenters. The van der Waals surface area contributed by atoms with E-state index in [2.05, 4.69) is 4.98 Å². The molecule has 0 aliphatic heterocycles. The summed E-state index contributed by atoms with van der Waals surface area (Å²) in [7, 11) is 1.79. The molecule has 4 rings (SSSR count). The predicted molar refractivity (Wildman–Crippen MR) is 112 cm³/mol. The molecule has 4 aromatic rings. The molecular weight excluding hydrogens is 370 g/mol. The highest BCUT2D eigenvalue weighted by molar-refractivity contribution is 6.30. The number of amides is 1. The number of carbonyl (C=O) groups is 1. The Hall–Kier alpha value is -3.24. The number of hydrogen-bond acceptors (Lipinski definition) is 3. The maximum absolute atomic E-state index is 13.3. The van der Waals surface area contributed by atoms with Crippen LogP contribution in [0.4, 0.5) is 0 Å². The first kappa shape index (κ1) is 18.1. The second kappa shape index (κ2) is 7.79. The van der Waals surface area contributed by atoms with Crippen LogP contribution in [-0.2, 0) is 6.54 Å². The monoisotopic (exact) mass is 387 g/mol. The second-order valence-corrected chi connectivity index (χ2v) is 7.04. The molecule has 2 aromatic carbocycles. The summed E-state index contributed by atoms with van der Waals surface area (Å²) in [4.78, 5) is 23.9. The van der Waals surface area contributed by atoms with Gasteiger partial charge in [0.25, 0.3) is 5.91 Å². The number of rotatable bonds is 4. The van der Waals surface area contributed by atoms with E-state index in [4.69, 9.17) is 16.6 Å². The summed E-state index contributed by atoms with van der Waals surface area (Å²) in [5, 5.41) is 1.49. The van der Waals surface area contributed by atoms with Gasteiger partial charge in [-0.25, -0.2) is 4.98 Å². The first-order valence-corrected chi connectivity index (χ1v) is 9.30. The van der Waals surface area contributed by atoms with Gasteiger partial charge in [-0.1, -0.05) is 41.9 Å². The van der Waals surface area contributed by atoms with Gasteiger partial charge >= 0.3 is 0 Å². The van der Waals surface area contributed by atoms with Crippen molar-refractivity contribution in [2.45, 2.75) is 6.54 Å². The third kappa shape index (κ3) is 3.73. The summed E-state index contributed by atoms with van der Waals surface area (Å²) in [6, 6.07) is 20.9. The molecule has 0 unspecified atom stereocenters. The SMILES string of the molecule is CN(Cc1cccc(Cl)c1)C(=O)c1cc(-c2cccnc2)nc2ccccc12. The quantitative estimate of drug-likeness (QED) is 0.482. The molecule has 28 heavy (non-hydrogen) atoms. The van der Waals surface area contributed by atoms with Crippen molar-refractivity contribution >= 4 is 28.4 Å². The zero-order valence-corrected chi connectivity index (χ0v) is 16.1. The van der Waals surface area contributed by atoms with E-state index < -0.39 is 0 Å². The number of benzene rings is 2. The van der Waals surface area contributed by atoms with Gasteiger partial charge in [0.05, 0.1) is 16.8 Å². The van der Waals surface area contributed by atoms with Crippen LogP contribution in [0.2, 0.25) is 5.02 Å². The summed E-state index contributed by atoms with van der Waals surface area (Å²) in [6.45, 7) is 0.471. The smallest absolute Gasteiger partial charge is 0.254 e. The van der Waals surface area contributed by atoms with Crippen molar-refractivity contribution in [1.29, 1.82) is 0 Å². The Labute approximate surface area is 168 Å². The van der Waals surface area contributed by atoms with Gasteiger partial charge in [-0.2, -0.15) is 0 Å². The number of para-hydroxylation sites is 1. The Morgan fingerprint density at radius 2 is 1.89 bits per heavy atom. The van der Waals surface area contributed by atoms with Gasteiger partial charge in [-0.15, -0.1) is 0 Å². The normalized spacial score (nSPS) is 10.8. The molecule has 0 saturated heterocycles. The van der Waals surface area contributed by atoms with Crippen molar-refractivity contribution in [3.8, 4) is 11.3 Å². The number of aromatic nitrogens is 2. The van der Waals surface area contributed by atoms with Gasteiger partial charge in [0.1, 0.15) is 0 Å². The minimum atomic E-state index is -0.0660. The van der Waals surface area contributed by atoms with E-state index in [1.165, 1.54) is 0 Å². The molecule has 0 aliphatic carbocycles. The summed E-state index contributed by atoms with van der Waals surface area (Å²) in [6.07, 6.45) is 3.47. The van der Waals surface area contributed by atoms with Crippen LogP contribution < -0.4 is 0 Å². The molecule has 0 aliphatic rings. The van der Waals surface area contributed by atoms with Gasteiger partial charge in [0.2, 0.25) is 0 Å². The number of pyridine rings is 2. The average molecular weight is 388 g/mol. The number of fused-ring (bicyclic) bond motifs is 1. The van der Waals surface area contributed by atoms with E-state index in [9.17, 15) is 4.79 Å². The molecule has 2 heterocycles. The van der Waals surface area contributed by atoms with E-state index in [0.717, 1.165) is 27.7 Å². The third-order valence-corrected chi connectivity index (χ3v) is 4.79. The summed E-state index contributed by atoms with van der Waals surface area (Å²) < 4.78 is 0. The van der Waals surface area contributed by atoms with Gasteiger partial charge in [-0.05, 0) is 42.0 Å². The highest BCUT2D eigenvalue weighted by Crippen LogP contribution is 2.25. The summed E-state index contributed by atoms with van der Waals surface area (Å²) in [5.41, 5.74) is 3.98. The van der Waals surface area contributed by atoms with Crippen molar-refractivity contribution in [2.24, 2.45) is 0 Å². The van der Waals surface area contributed by atoms with Crippen LogP contribution in [0.1, 0.15) is 15.9 Å². The first-order chi connectivity index (χ1) is 13.6. The van der Waals surface area contributed by atoms with Crippen molar-refractivity contribution in [1.82, 2.24) is 14.9 Å². The number of hydrogen-bond donors (Lipinski definition) is 0. The van der Waals surface area contributed by atoms with Crippen LogP contribution in [0, 0.1) is 0 Å². The Morgan fingerprint density at radius 1 is 1.04 bits per heavy atom. The van der Waals surface area contributed by atoms with E-state index in [1.807, 2.05) is 66.7 Å². The van der Waals surface area contributed by atoms with Crippen molar-refractivity contribution in [3.63, 3.8) is 0 Å². The largest absolute Gasteiger partial charge is 0.337 e. The van der Waals surface area contributed by atoms with Crippen molar-refractivity contribution in [2.75, 3.05) is 7.05 Å². The van der Waals surface area contributed by atoms with E-state index in [1.54, 1.807) is 24.3 Å². The fourth-order valence-corrected chi connectivity index (χ4v) is 3.41. The second-order valence-electron chi connectivity index (χ2n) is 6.61. The molecule has 138 valence electrons. The Balaban J connectivity index is 1.75. The molecule has 0 radical (unpaired) electrons. The number of halogens is 1. The lowest BCUT2D eigenvalue weighted by Gasteiger charge is -2.19. The van der Waals surface area contributed by atoms with Crippen LogP contribution in [0.15, 0.2) is 79.1 Å². The molecule has 0 saturated carbocycles. The molecule has 0 fully saturated rings. The molecular formula is C23H18ClN3O. The van der Waals surface area contributed by atoms with Gasteiger partial charge in [0, 0.05) is 42.0 Å². The number of nitrogens with zero attached hydrogens (tertiary/aromatic N) is 3. The van der Waals surface area contributed by atoms with Crippen LogP contribution >= 0.6 is 11.6 Å². The zero-order valence-electron chi connectivity index (χ0n) is 15.3. The zero-order chi connectivity index (χ0) is 19.5. The molecule has 0 spiro atoms. The van der Waals surface area contributed by atoms with Gasteiger partial charge in [-0.3, -0.25) is 9.78 Å². The maximum Gasteiger partial charge on any atom is 0.254 e. The minimum Gasteiger partial charge on any atom is -0.337 e. The lowest BCUT2D eigenvalue weighted by Crippen LogP contribution is -2.26. The average Bonchev–Trinajstić information content (AvgIpc) is 2.73. The van der Waals surface area contributed by atoms with E-state index in [0.29, 0.717) is 17.1 Å². The predicted octanol–water partition coefficient (Wildman–Crippen LogP) is 5.22. The van der Waals surface area contributed by atoms with Gasteiger partial charge in [0.15, 0.2) is 0 Å². The van der Waals surface area contributed by atoms with Gasteiger partial charge < -0.3 is 4.90 Å². The highest BCUT2D eigenvalue weighted by Gasteiger charge is 2.18. The fraction of sp³-hybridized carbons (Fsp3) is 0.0870. The molecule has 2 aromatic heterocycles. The van der Waals surface area contributed by atoms with E-state index in [-0.39, 0.29) is 5.91 Å². The first-order valence-electron chi connectivity index (χ1n) is 8.92. The lowest BCUT2D eigenvalue weighted by molar-refractivity contribution is 0.0787. The Kier molecular flexibility index (Phi) is 5.04. The molecule has 4 nitrogen and oxygen atoms in total. The third-order valence-electron chi connectivity index (χ3n) is 4.56. The minimum absolute atomic E-state index is 0.0660. The molecule has 5 heteroatoms. The maximum atomic E-state index is 13.3. The summed E-state index contributed by atoms with van der Waals surface area (Å²) >= 11 is 6.07. The Bertz CT molecular complexity index is 1140. The lowest BCUT2D eigenvalue weighted by atomic mass is 10.0. The molecule has 0 N–H and O–H groups in total. The highest BCUT2D eigenvalue weighted by atomic mass is 35.5. The number of carbonyl (C=O) groups excluding carboxylic acids is 1.